The molecule has 1 heterocycles. The van der Waals surface area contributed by atoms with Gasteiger partial charge < -0.3 is 5.32 Å². The van der Waals surface area contributed by atoms with Gasteiger partial charge in [-0.2, -0.15) is 0 Å². The van der Waals surface area contributed by atoms with Gasteiger partial charge in [0.2, 0.25) is 5.95 Å². The molecule has 13 heavy (non-hydrogen) atoms. The summed E-state index contributed by atoms with van der Waals surface area (Å²) < 4.78 is 0.910. The van der Waals surface area contributed by atoms with E-state index < -0.39 is 0 Å². The molecule has 70 valence electrons. The van der Waals surface area contributed by atoms with Crippen molar-refractivity contribution in [3.8, 4) is 0 Å². The largest absolute Gasteiger partial charge is 0.351 e. The Bertz CT molecular complexity index is 307. The van der Waals surface area contributed by atoms with Crippen LogP contribution < -0.4 is 5.32 Å². The Morgan fingerprint density at radius 3 is 2.46 bits per heavy atom. The molecular weight excluding hydrogens is 230 g/mol. The van der Waals surface area contributed by atoms with Crippen molar-refractivity contribution in [1.82, 2.24) is 9.97 Å². The van der Waals surface area contributed by atoms with E-state index in [9.17, 15) is 0 Å². The second-order valence-electron chi connectivity index (χ2n) is 4.11. The van der Waals surface area contributed by atoms with E-state index in [4.69, 9.17) is 0 Å². The molecule has 0 saturated heterocycles. The first kappa shape index (κ1) is 8.94. The van der Waals surface area contributed by atoms with E-state index in [-0.39, 0.29) is 0 Å². The van der Waals surface area contributed by atoms with Crippen molar-refractivity contribution in [2.24, 2.45) is 5.41 Å². The summed E-state index contributed by atoms with van der Waals surface area (Å²) in [5.41, 5.74) is 0.413. The minimum Gasteiger partial charge on any atom is -0.351 e. The monoisotopic (exact) mass is 241 g/mol. The topological polar surface area (TPSA) is 37.8 Å². The zero-order chi connectivity index (χ0) is 9.47. The summed E-state index contributed by atoms with van der Waals surface area (Å²) in [6, 6.07) is 0.536. The fraction of sp³-hybridized carbons (Fsp3) is 0.556. The third kappa shape index (κ3) is 1.99. The van der Waals surface area contributed by atoms with Crippen LogP contribution in [0.5, 0.6) is 0 Å². The summed E-state index contributed by atoms with van der Waals surface area (Å²) in [7, 11) is 0. The van der Waals surface area contributed by atoms with Crippen LogP contribution in [-0.2, 0) is 0 Å². The Hall–Kier alpha value is -0.640. The predicted octanol–water partition coefficient (Wildman–Crippen LogP) is 2.45. The average molecular weight is 242 g/mol. The first-order chi connectivity index (χ1) is 6.08. The lowest BCUT2D eigenvalue weighted by atomic mass is 10.2. The Morgan fingerprint density at radius 2 is 2.00 bits per heavy atom. The van der Waals surface area contributed by atoms with Crippen LogP contribution in [0.4, 0.5) is 5.95 Å². The molecule has 0 amide bonds. The molecule has 1 fully saturated rings. The molecule has 1 aromatic heterocycles. The number of hydrogen-bond acceptors (Lipinski definition) is 3. The van der Waals surface area contributed by atoms with E-state index in [1.165, 1.54) is 6.42 Å². The Labute approximate surface area is 86.1 Å². The van der Waals surface area contributed by atoms with E-state index in [0.717, 1.165) is 10.4 Å². The fourth-order valence-corrected chi connectivity index (χ4v) is 1.46. The quantitative estimate of drug-likeness (QED) is 0.865. The maximum Gasteiger partial charge on any atom is 0.222 e. The van der Waals surface area contributed by atoms with Crippen molar-refractivity contribution >= 4 is 21.9 Å². The van der Waals surface area contributed by atoms with Crippen molar-refractivity contribution < 1.29 is 0 Å². The standard InChI is InChI=1S/C9H12BrN3/c1-9(2)3-7(9)13-8-11-4-6(10)5-12-8/h4-5,7H,3H2,1-2H3,(H,11,12,13). The predicted molar refractivity (Wildman–Crippen MR) is 55.5 cm³/mol. The molecule has 4 heteroatoms. The Balaban J connectivity index is 2.00. The van der Waals surface area contributed by atoms with E-state index >= 15 is 0 Å². The molecule has 1 aliphatic carbocycles. The van der Waals surface area contributed by atoms with Gasteiger partial charge in [-0.3, -0.25) is 0 Å². The van der Waals surface area contributed by atoms with Gasteiger partial charge in [0.05, 0.1) is 4.47 Å². The van der Waals surface area contributed by atoms with E-state index in [1.807, 2.05) is 0 Å². The zero-order valence-electron chi connectivity index (χ0n) is 7.71. The van der Waals surface area contributed by atoms with Crippen molar-refractivity contribution in [1.29, 1.82) is 0 Å². The first-order valence-electron chi connectivity index (χ1n) is 4.32. The molecule has 0 spiro atoms. The second-order valence-corrected chi connectivity index (χ2v) is 5.03. The highest BCUT2D eigenvalue weighted by molar-refractivity contribution is 9.10. The van der Waals surface area contributed by atoms with Crippen LogP contribution in [-0.4, -0.2) is 16.0 Å². The van der Waals surface area contributed by atoms with Crippen LogP contribution in [0.15, 0.2) is 16.9 Å². The van der Waals surface area contributed by atoms with Crippen LogP contribution in [0.2, 0.25) is 0 Å². The highest BCUT2D eigenvalue weighted by atomic mass is 79.9. The van der Waals surface area contributed by atoms with Crippen LogP contribution in [0.1, 0.15) is 20.3 Å². The highest BCUT2D eigenvalue weighted by Crippen LogP contribution is 2.46. The molecule has 0 aliphatic heterocycles. The van der Waals surface area contributed by atoms with Crippen molar-refractivity contribution in [2.45, 2.75) is 26.3 Å². The molecule has 0 aromatic carbocycles. The van der Waals surface area contributed by atoms with E-state index in [1.54, 1.807) is 12.4 Å². The number of halogens is 1. The van der Waals surface area contributed by atoms with Crippen LogP contribution in [0.3, 0.4) is 0 Å². The molecule has 1 atom stereocenters. The van der Waals surface area contributed by atoms with Gasteiger partial charge in [-0.25, -0.2) is 9.97 Å². The van der Waals surface area contributed by atoms with Crippen molar-refractivity contribution in [3.63, 3.8) is 0 Å². The minimum atomic E-state index is 0.413. The van der Waals surface area contributed by atoms with Gasteiger partial charge in [0.15, 0.2) is 0 Å². The average Bonchev–Trinajstić information content (AvgIpc) is 2.64. The van der Waals surface area contributed by atoms with Crippen LogP contribution in [0.25, 0.3) is 0 Å². The van der Waals surface area contributed by atoms with Gasteiger partial charge in [-0.1, -0.05) is 13.8 Å². The number of aromatic nitrogens is 2. The SMILES string of the molecule is CC1(C)CC1Nc1ncc(Br)cn1. The first-order valence-corrected chi connectivity index (χ1v) is 5.11. The normalized spacial score (nSPS) is 24.1. The molecule has 1 aliphatic rings. The maximum absolute atomic E-state index is 4.15. The Morgan fingerprint density at radius 1 is 1.46 bits per heavy atom. The number of hydrogen-bond donors (Lipinski definition) is 1. The highest BCUT2D eigenvalue weighted by Gasteiger charge is 2.46. The summed E-state index contributed by atoms with van der Waals surface area (Å²) >= 11 is 3.30. The molecule has 2 rings (SSSR count). The number of nitrogens with zero attached hydrogens (tertiary/aromatic N) is 2. The molecule has 0 bridgehead atoms. The third-order valence-corrected chi connectivity index (χ3v) is 2.85. The van der Waals surface area contributed by atoms with Crippen molar-refractivity contribution in [3.05, 3.63) is 16.9 Å². The van der Waals surface area contributed by atoms with E-state index in [0.29, 0.717) is 11.5 Å². The van der Waals surface area contributed by atoms with Crippen molar-refractivity contribution in [2.75, 3.05) is 5.32 Å². The maximum atomic E-state index is 4.15. The van der Waals surface area contributed by atoms with Crippen LogP contribution >= 0.6 is 15.9 Å². The zero-order valence-corrected chi connectivity index (χ0v) is 9.30. The lowest BCUT2D eigenvalue weighted by Gasteiger charge is -2.05. The molecule has 1 unspecified atom stereocenters. The molecule has 0 radical (unpaired) electrons. The van der Waals surface area contributed by atoms with Gasteiger partial charge in [0.1, 0.15) is 0 Å². The number of rotatable bonds is 2. The van der Waals surface area contributed by atoms with Crippen LogP contribution in [0, 0.1) is 5.41 Å². The lowest BCUT2D eigenvalue weighted by Crippen LogP contribution is -2.10. The summed E-state index contributed by atoms with van der Waals surface area (Å²) in [5, 5.41) is 3.29. The second kappa shape index (κ2) is 2.94. The summed E-state index contributed by atoms with van der Waals surface area (Å²) in [4.78, 5) is 8.31. The number of anilines is 1. The summed E-state index contributed by atoms with van der Waals surface area (Å²) in [5.74, 6) is 0.721. The summed E-state index contributed by atoms with van der Waals surface area (Å²) in [6.07, 6.45) is 4.71. The summed E-state index contributed by atoms with van der Waals surface area (Å²) in [6.45, 7) is 4.48. The van der Waals surface area contributed by atoms with Gasteiger partial charge in [-0.05, 0) is 27.8 Å². The van der Waals surface area contributed by atoms with E-state index in [2.05, 4.69) is 45.1 Å². The van der Waals surface area contributed by atoms with Gasteiger partial charge in [-0.15, -0.1) is 0 Å². The lowest BCUT2D eigenvalue weighted by molar-refractivity contribution is 0.629. The van der Waals surface area contributed by atoms with Gasteiger partial charge in [0.25, 0.3) is 0 Å². The number of nitrogens with one attached hydrogen (secondary N) is 1. The molecule has 3 nitrogen and oxygen atoms in total. The fourth-order valence-electron chi connectivity index (χ4n) is 1.26. The molecular formula is C9H12BrN3. The molecule has 1 saturated carbocycles. The van der Waals surface area contributed by atoms with Gasteiger partial charge >= 0.3 is 0 Å². The van der Waals surface area contributed by atoms with Gasteiger partial charge in [0, 0.05) is 18.4 Å². The Kier molecular flexibility index (Phi) is 2.02. The molecule has 1 N–H and O–H groups in total. The molecule has 1 aromatic rings. The smallest absolute Gasteiger partial charge is 0.222 e. The third-order valence-electron chi connectivity index (χ3n) is 2.44. The minimum absolute atomic E-state index is 0.413.